The van der Waals surface area contributed by atoms with E-state index in [0.717, 1.165) is 11.7 Å². The van der Waals surface area contributed by atoms with Crippen molar-refractivity contribution in [3.63, 3.8) is 0 Å². The second-order valence-electron chi connectivity index (χ2n) is 5.24. The molecule has 0 radical (unpaired) electrons. The maximum atomic E-state index is 4.21. The molecule has 2 rings (SSSR count). The van der Waals surface area contributed by atoms with E-state index in [1.165, 1.54) is 38.5 Å². The van der Waals surface area contributed by atoms with Crippen LogP contribution in [0, 0.1) is 5.92 Å². The molecule has 4 nitrogen and oxygen atoms in total. The first-order chi connectivity index (χ1) is 8.29. The van der Waals surface area contributed by atoms with Gasteiger partial charge >= 0.3 is 0 Å². The number of nitrogens with one attached hydrogen (secondary N) is 2. The van der Waals surface area contributed by atoms with Gasteiger partial charge in [0.15, 0.2) is 0 Å². The van der Waals surface area contributed by atoms with Crippen molar-refractivity contribution in [2.75, 3.05) is 0 Å². The molecule has 4 heteroatoms. The van der Waals surface area contributed by atoms with E-state index in [4.69, 9.17) is 0 Å². The molecule has 1 heterocycles. The van der Waals surface area contributed by atoms with Gasteiger partial charge in [-0.2, -0.15) is 5.10 Å². The number of aromatic amines is 1. The minimum absolute atomic E-state index is 0.278. The van der Waals surface area contributed by atoms with Gasteiger partial charge in [-0.15, -0.1) is 0 Å². The maximum Gasteiger partial charge on any atom is 0.141 e. The van der Waals surface area contributed by atoms with E-state index in [1.807, 2.05) is 0 Å². The molecule has 0 amide bonds. The Morgan fingerprint density at radius 3 is 3.00 bits per heavy atom. The van der Waals surface area contributed by atoms with Gasteiger partial charge in [0.25, 0.3) is 0 Å². The molecule has 3 unspecified atom stereocenters. The monoisotopic (exact) mass is 236 g/mol. The number of H-pyrrole nitrogens is 1. The normalized spacial score (nSPS) is 27.6. The Bertz CT molecular complexity index is 309. The van der Waals surface area contributed by atoms with Crippen molar-refractivity contribution in [2.45, 2.75) is 64.5 Å². The first kappa shape index (κ1) is 12.6. The van der Waals surface area contributed by atoms with E-state index in [0.29, 0.717) is 6.04 Å². The molecule has 2 N–H and O–H groups in total. The predicted octanol–water partition coefficient (Wildman–Crippen LogP) is 2.81. The predicted molar refractivity (Wildman–Crippen MR) is 68.6 cm³/mol. The van der Waals surface area contributed by atoms with Crippen LogP contribution in [0.5, 0.6) is 0 Å². The molecule has 0 saturated heterocycles. The average molecular weight is 236 g/mol. The summed E-state index contributed by atoms with van der Waals surface area (Å²) < 4.78 is 0. The first-order valence-corrected chi connectivity index (χ1v) is 6.91. The quantitative estimate of drug-likeness (QED) is 0.790. The fourth-order valence-corrected chi connectivity index (χ4v) is 2.81. The maximum absolute atomic E-state index is 4.21. The second kappa shape index (κ2) is 6.15. The first-order valence-electron chi connectivity index (χ1n) is 6.91. The van der Waals surface area contributed by atoms with E-state index in [9.17, 15) is 0 Å². The lowest BCUT2D eigenvalue weighted by Crippen LogP contribution is -2.31. The Labute approximate surface area is 104 Å². The zero-order valence-corrected chi connectivity index (χ0v) is 10.9. The zero-order chi connectivity index (χ0) is 12.1. The Balaban J connectivity index is 1.82. The van der Waals surface area contributed by atoms with Gasteiger partial charge in [-0.3, -0.25) is 5.10 Å². The molecule has 0 aliphatic heterocycles. The van der Waals surface area contributed by atoms with E-state index in [-0.39, 0.29) is 6.04 Å². The van der Waals surface area contributed by atoms with E-state index < -0.39 is 0 Å². The van der Waals surface area contributed by atoms with Crippen LogP contribution in [0.2, 0.25) is 0 Å². The molecule has 0 spiro atoms. The highest BCUT2D eigenvalue weighted by Crippen LogP contribution is 2.26. The summed E-state index contributed by atoms with van der Waals surface area (Å²) in [7, 11) is 0. The summed E-state index contributed by atoms with van der Waals surface area (Å²) in [6.45, 7) is 4.47. The number of hydrogen-bond acceptors (Lipinski definition) is 3. The highest BCUT2D eigenvalue weighted by Gasteiger charge is 2.20. The third-order valence-corrected chi connectivity index (χ3v) is 4.00. The number of rotatable bonds is 4. The molecule has 1 aromatic rings. The lowest BCUT2D eigenvalue weighted by Gasteiger charge is -2.20. The van der Waals surface area contributed by atoms with Gasteiger partial charge in [0, 0.05) is 6.04 Å². The Morgan fingerprint density at radius 2 is 2.29 bits per heavy atom. The van der Waals surface area contributed by atoms with Crippen molar-refractivity contribution < 1.29 is 0 Å². The molecular weight excluding hydrogens is 212 g/mol. The van der Waals surface area contributed by atoms with Crippen LogP contribution >= 0.6 is 0 Å². The van der Waals surface area contributed by atoms with Crippen LogP contribution in [-0.4, -0.2) is 21.2 Å². The van der Waals surface area contributed by atoms with Crippen LogP contribution in [0.15, 0.2) is 6.33 Å². The van der Waals surface area contributed by atoms with Crippen LogP contribution < -0.4 is 5.32 Å². The van der Waals surface area contributed by atoms with Gasteiger partial charge in [0.2, 0.25) is 0 Å². The minimum Gasteiger partial charge on any atom is -0.305 e. The zero-order valence-electron chi connectivity index (χ0n) is 10.9. The summed E-state index contributed by atoms with van der Waals surface area (Å²) in [4.78, 5) is 4.21. The van der Waals surface area contributed by atoms with Crippen LogP contribution in [0.25, 0.3) is 0 Å². The van der Waals surface area contributed by atoms with Crippen LogP contribution in [0.4, 0.5) is 0 Å². The number of aromatic nitrogens is 3. The van der Waals surface area contributed by atoms with E-state index >= 15 is 0 Å². The summed E-state index contributed by atoms with van der Waals surface area (Å²) in [5, 5.41) is 10.5. The molecule has 1 aromatic heterocycles. The average Bonchev–Trinajstić information content (AvgIpc) is 2.78. The molecule has 0 aromatic carbocycles. The fourth-order valence-electron chi connectivity index (χ4n) is 2.81. The Kier molecular flexibility index (Phi) is 4.54. The molecule has 17 heavy (non-hydrogen) atoms. The van der Waals surface area contributed by atoms with Crippen molar-refractivity contribution in [1.82, 2.24) is 20.5 Å². The topological polar surface area (TPSA) is 53.6 Å². The summed E-state index contributed by atoms with van der Waals surface area (Å²) >= 11 is 0. The van der Waals surface area contributed by atoms with E-state index in [2.05, 4.69) is 34.3 Å². The standard InChI is InChI=1S/C13H24N4/c1-3-11-5-4-6-12(8-7-11)16-10(2)13-14-9-15-17-13/h9-12,16H,3-8H2,1-2H3,(H,14,15,17). The lowest BCUT2D eigenvalue weighted by atomic mass is 9.98. The van der Waals surface area contributed by atoms with Crippen LogP contribution in [-0.2, 0) is 0 Å². The number of nitrogens with zero attached hydrogens (tertiary/aromatic N) is 2. The van der Waals surface area contributed by atoms with Gasteiger partial charge in [-0.25, -0.2) is 4.98 Å². The van der Waals surface area contributed by atoms with Gasteiger partial charge in [-0.1, -0.05) is 26.2 Å². The molecule has 96 valence electrons. The smallest absolute Gasteiger partial charge is 0.141 e. The van der Waals surface area contributed by atoms with Crippen LogP contribution in [0.3, 0.4) is 0 Å². The molecule has 1 aliphatic carbocycles. The summed E-state index contributed by atoms with van der Waals surface area (Å²) in [5.74, 6) is 1.89. The summed E-state index contributed by atoms with van der Waals surface area (Å²) in [6.07, 6.45) is 9.66. The highest BCUT2D eigenvalue weighted by molar-refractivity contribution is 4.90. The molecule has 1 fully saturated rings. The second-order valence-corrected chi connectivity index (χ2v) is 5.24. The molecule has 1 aliphatic rings. The number of hydrogen-bond donors (Lipinski definition) is 2. The summed E-state index contributed by atoms with van der Waals surface area (Å²) in [6, 6.07) is 0.923. The van der Waals surface area contributed by atoms with Gasteiger partial charge in [0.1, 0.15) is 12.2 Å². The molecular formula is C13H24N4. The third kappa shape index (κ3) is 3.53. The SMILES string of the molecule is CCC1CCCC(NC(C)c2ncn[nH]2)CC1. The van der Waals surface area contributed by atoms with Crippen molar-refractivity contribution in [3.8, 4) is 0 Å². The van der Waals surface area contributed by atoms with Gasteiger partial charge in [-0.05, 0) is 32.1 Å². The van der Waals surface area contributed by atoms with E-state index in [1.54, 1.807) is 6.33 Å². The largest absolute Gasteiger partial charge is 0.305 e. The van der Waals surface area contributed by atoms with Crippen molar-refractivity contribution in [2.24, 2.45) is 5.92 Å². The summed E-state index contributed by atoms with van der Waals surface area (Å²) in [5.41, 5.74) is 0. The van der Waals surface area contributed by atoms with Crippen LogP contribution in [0.1, 0.15) is 64.2 Å². The Morgan fingerprint density at radius 1 is 1.41 bits per heavy atom. The highest BCUT2D eigenvalue weighted by atomic mass is 15.2. The minimum atomic E-state index is 0.278. The molecule has 0 bridgehead atoms. The van der Waals surface area contributed by atoms with Gasteiger partial charge < -0.3 is 5.32 Å². The lowest BCUT2D eigenvalue weighted by molar-refractivity contribution is 0.393. The van der Waals surface area contributed by atoms with Crippen molar-refractivity contribution >= 4 is 0 Å². The van der Waals surface area contributed by atoms with Crippen molar-refractivity contribution in [1.29, 1.82) is 0 Å². The van der Waals surface area contributed by atoms with Crippen molar-refractivity contribution in [3.05, 3.63) is 12.2 Å². The molecule has 3 atom stereocenters. The Hall–Kier alpha value is -0.900. The van der Waals surface area contributed by atoms with Gasteiger partial charge in [0.05, 0.1) is 6.04 Å². The molecule has 1 saturated carbocycles. The third-order valence-electron chi connectivity index (χ3n) is 4.00. The fraction of sp³-hybridized carbons (Fsp3) is 0.846.